The number of nitrogens with zero attached hydrogens (tertiary/aromatic N) is 2. The minimum Gasteiger partial charge on any atom is -0.300 e. The first-order chi connectivity index (χ1) is 6.95. The lowest BCUT2D eigenvalue weighted by Crippen LogP contribution is -2.43. The van der Waals surface area contributed by atoms with Crippen LogP contribution in [0.2, 0.25) is 0 Å². The highest BCUT2D eigenvalue weighted by atomic mass is 15.2. The van der Waals surface area contributed by atoms with E-state index < -0.39 is 0 Å². The zero-order valence-electron chi connectivity index (χ0n) is 11.2. The molecule has 0 radical (unpaired) electrons. The van der Waals surface area contributed by atoms with E-state index in [0.717, 1.165) is 6.04 Å². The van der Waals surface area contributed by atoms with Crippen molar-refractivity contribution in [1.29, 1.82) is 0 Å². The average molecular weight is 212 g/mol. The third-order valence-corrected chi connectivity index (χ3v) is 3.84. The minimum absolute atomic E-state index is 0.307. The predicted octanol–water partition coefficient (Wildman–Crippen LogP) is 2.59. The van der Waals surface area contributed by atoms with E-state index in [2.05, 4.69) is 44.5 Å². The van der Waals surface area contributed by atoms with Crippen LogP contribution in [0.4, 0.5) is 0 Å². The van der Waals surface area contributed by atoms with E-state index >= 15 is 0 Å². The van der Waals surface area contributed by atoms with Gasteiger partial charge in [-0.3, -0.25) is 4.90 Å². The zero-order valence-corrected chi connectivity index (χ0v) is 11.2. The molecule has 1 fully saturated rings. The van der Waals surface area contributed by atoms with Crippen LogP contribution in [0, 0.1) is 0 Å². The molecule has 0 aromatic rings. The van der Waals surface area contributed by atoms with Crippen molar-refractivity contribution in [3.05, 3.63) is 0 Å². The fourth-order valence-electron chi connectivity index (χ4n) is 2.27. The van der Waals surface area contributed by atoms with Crippen LogP contribution < -0.4 is 0 Å². The first-order valence-electron chi connectivity index (χ1n) is 6.40. The third-order valence-electron chi connectivity index (χ3n) is 3.84. The van der Waals surface area contributed by atoms with Gasteiger partial charge in [-0.15, -0.1) is 0 Å². The standard InChI is InChI=1S/C13H28N2/c1-6-12-8-7-9-15(12)11-10-14(5)13(2,3)4/h12H,6-11H2,1-5H3. The van der Waals surface area contributed by atoms with E-state index in [4.69, 9.17) is 0 Å². The molecule has 0 N–H and O–H groups in total. The molecule has 0 aromatic carbocycles. The van der Waals surface area contributed by atoms with Crippen molar-refractivity contribution in [2.45, 2.75) is 58.5 Å². The van der Waals surface area contributed by atoms with Gasteiger partial charge in [0.15, 0.2) is 0 Å². The fraction of sp³-hybridized carbons (Fsp3) is 1.00. The van der Waals surface area contributed by atoms with Crippen LogP contribution >= 0.6 is 0 Å². The molecule has 2 heteroatoms. The van der Waals surface area contributed by atoms with Crippen molar-refractivity contribution in [3.8, 4) is 0 Å². The summed E-state index contributed by atoms with van der Waals surface area (Å²) in [6.45, 7) is 12.9. The van der Waals surface area contributed by atoms with Gasteiger partial charge in [-0.05, 0) is 53.6 Å². The number of rotatable bonds is 4. The molecule has 0 saturated carbocycles. The molecule has 1 aliphatic rings. The average Bonchev–Trinajstić information content (AvgIpc) is 2.59. The Morgan fingerprint density at radius 1 is 1.33 bits per heavy atom. The Balaban J connectivity index is 2.30. The molecular formula is C13H28N2. The van der Waals surface area contributed by atoms with E-state index in [1.165, 1.54) is 38.9 Å². The Morgan fingerprint density at radius 2 is 2.00 bits per heavy atom. The van der Waals surface area contributed by atoms with E-state index in [0.29, 0.717) is 5.54 Å². The Hall–Kier alpha value is -0.0800. The van der Waals surface area contributed by atoms with Gasteiger partial charge in [-0.1, -0.05) is 6.92 Å². The van der Waals surface area contributed by atoms with Crippen molar-refractivity contribution in [2.24, 2.45) is 0 Å². The van der Waals surface area contributed by atoms with Gasteiger partial charge in [0.05, 0.1) is 0 Å². The molecule has 15 heavy (non-hydrogen) atoms. The van der Waals surface area contributed by atoms with Crippen molar-refractivity contribution in [1.82, 2.24) is 9.80 Å². The summed E-state index contributed by atoms with van der Waals surface area (Å²) in [5.41, 5.74) is 0.307. The maximum absolute atomic E-state index is 2.67. The zero-order chi connectivity index (χ0) is 11.5. The van der Waals surface area contributed by atoms with Crippen molar-refractivity contribution < 1.29 is 0 Å². The van der Waals surface area contributed by atoms with Crippen LogP contribution in [0.5, 0.6) is 0 Å². The smallest absolute Gasteiger partial charge is 0.0122 e. The van der Waals surface area contributed by atoms with Gasteiger partial charge in [0.2, 0.25) is 0 Å². The fourth-order valence-corrected chi connectivity index (χ4v) is 2.27. The molecule has 1 saturated heterocycles. The van der Waals surface area contributed by atoms with E-state index in [1.54, 1.807) is 0 Å². The van der Waals surface area contributed by atoms with Crippen molar-refractivity contribution in [2.75, 3.05) is 26.7 Å². The number of likely N-dealkylation sites (N-methyl/N-ethyl adjacent to an activating group) is 1. The second kappa shape index (κ2) is 5.31. The Morgan fingerprint density at radius 3 is 2.53 bits per heavy atom. The quantitative estimate of drug-likeness (QED) is 0.707. The van der Waals surface area contributed by atoms with Crippen LogP contribution in [-0.2, 0) is 0 Å². The first kappa shape index (κ1) is 13.0. The van der Waals surface area contributed by atoms with Crippen LogP contribution in [0.1, 0.15) is 47.0 Å². The van der Waals surface area contributed by atoms with Gasteiger partial charge >= 0.3 is 0 Å². The summed E-state index contributed by atoms with van der Waals surface area (Å²) in [5, 5.41) is 0. The lowest BCUT2D eigenvalue weighted by molar-refractivity contribution is 0.139. The van der Waals surface area contributed by atoms with Gasteiger partial charge in [0.25, 0.3) is 0 Å². The topological polar surface area (TPSA) is 6.48 Å². The highest BCUT2D eigenvalue weighted by Crippen LogP contribution is 2.19. The SMILES string of the molecule is CCC1CCCN1CCN(C)C(C)(C)C. The molecule has 0 aliphatic carbocycles. The van der Waals surface area contributed by atoms with Crippen LogP contribution in [-0.4, -0.2) is 48.1 Å². The molecular weight excluding hydrogens is 184 g/mol. The largest absolute Gasteiger partial charge is 0.300 e. The third kappa shape index (κ3) is 3.76. The molecule has 0 aromatic heterocycles. The van der Waals surface area contributed by atoms with Crippen LogP contribution in [0.3, 0.4) is 0 Å². The summed E-state index contributed by atoms with van der Waals surface area (Å²) in [6, 6.07) is 0.860. The van der Waals surface area contributed by atoms with Crippen molar-refractivity contribution >= 4 is 0 Å². The molecule has 0 spiro atoms. The van der Waals surface area contributed by atoms with E-state index in [9.17, 15) is 0 Å². The van der Waals surface area contributed by atoms with Gasteiger partial charge in [-0.2, -0.15) is 0 Å². The monoisotopic (exact) mass is 212 g/mol. The molecule has 1 atom stereocenters. The lowest BCUT2D eigenvalue weighted by atomic mass is 10.1. The number of hydrogen-bond acceptors (Lipinski definition) is 2. The summed E-state index contributed by atoms with van der Waals surface area (Å²) >= 11 is 0. The summed E-state index contributed by atoms with van der Waals surface area (Å²) < 4.78 is 0. The second-order valence-electron chi connectivity index (χ2n) is 5.83. The summed E-state index contributed by atoms with van der Waals surface area (Å²) in [6.07, 6.45) is 4.13. The molecule has 1 aliphatic heterocycles. The van der Waals surface area contributed by atoms with Crippen molar-refractivity contribution in [3.63, 3.8) is 0 Å². The summed E-state index contributed by atoms with van der Waals surface area (Å²) in [4.78, 5) is 5.13. The van der Waals surface area contributed by atoms with Crippen LogP contribution in [0.15, 0.2) is 0 Å². The Kier molecular flexibility index (Phi) is 4.60. The van der Waals surface area contributed by atoms with Gasteiger partial charge in [0.1, 0.15) is 0 Å². The molecule has 0 amide bonds. The maximum Gasteiger partial charge on any atom is 0.0122 e. The molecule has 1 heterocycles. The highest BCUT2D eigenvalue weighted by Gasteiger charge is 2.24. The van der Waals surface area contributed by atoms with E-state index in [-0.39, 0.29) is 0 Å². The predicted molar refractivity (Wildman–Crippen MR) is 67.3 cm³/mol. The lowest BCUT2D eigenvalue weighted by Gasteiger charge is -2.34. The Bertz CT molecular complexity index is 183. The van der Waals surface area contributed by atoms with Crippen LogP contribution in [0.25, 0.3) is 0 Å². The normalized spacial score (nSPS) is 24.0. The molecule has 90 valence electrons. The summed E-state index contributed by atoms with van der Waals surface area (Å²) in [5.74, 6) is 0. The van der Waals surface area contributed by atoms with Gasteiger partial charge in [-0.25, -0.2) is 0 Å². The number of likely N-dealkylation sites (tertiary alicyclic amines) is 1. The summed E-state index contributed by atoms with van der Waals surface area (Å²) in [7, 11) is 2.23. The molecule has 1 unspecified atom stereocenters. The highest BCUT2D eigenvalue weighted by molar-refractivity contribution is 4.80. The number of hydrogen-bond donors (Lipinski definition) is 0. The first-order valence-corrected chi connectivity index (χ1v) is 6.40. The Labute approximate surface area is 95.6 Å². The minimum atomic E-state index is 0.307. The van der Waals surface area contributed by atoms with Gasteiger partial charge < -0.3 is 4.90 Å². The van der Waals surface area contributed by atoms with E-state index in [1.807, 2.05) is 0 Å². The molecule has 2 nitrogen and oxygen atoms in total. The van der Waals surface area contributed by atoms with Gasteiger partial charge in [0, 0.05) is 24.7 Å². The molecule has 1 rings (SSSR count). The maximum atomic E-state index is 2.67. The molecule has 0 bridgehead atoms. The second-order valence-corrected chi connectivity index (χ2v) is 5.83.